The average molecular weight is 468 g/mol. The van der Waals surface area contributed by atoms with Gasteiger partial charge < -0.3 is 14.5 Å². The second-order valence-electron chi connectivity index (χ2n) is 8.46. The third kappa shape index (κ3) is 4.71. The minimum absolute atomic E-state index is 0.109. The van der Waals surface area contributed by atoms with Crippen molar-refractivity contribution in [2.45, 2.75) is 32.9 Å². The lowest BCUT2D eigenvalue weighted by molar-refractivity contribution is 0.0724. The summed E-state index contributed by atoms with van der Waals surface area (Å²) in [6, 6.07) is 19.8. The SMILES string of the molecule is CCCc1ccnc2nc(CN(Cc3ccccc3F)C(=O)c3ccccc3-n3cccc3)[nH]c12. The second kappa shape index (κ2) is 9.93. The molecule has 7 heteroatoms. The third-order valence-electron chi connectivity index (χ3n) is 6.01. The number of nitrogens with one attached hydrogen (secondary N) is 1. The van der Waals surface area contributed by atoms with E-state index < -0.39 is 0 Å². The molecule has 0 atom stereocenters. The number of aromatic amines is 1. The summed E-state index contributed by atoms with van der Waals surface area (Å²) in [4.78, 5) is 27.9. The number of hydrogen-bond acceptors (Lipinski definition) is 3. The summed E-state index contributed by atoms with van der Waals surface area (Å²) in [5.74, 6) is 0.0550. The highest BCUT2D eigenvalue weighted by molar-refractivity contribution is 5.97. The molecule has 0 fully saturated rings. The van der Waals surface area contributed by atoms with Gasteiger partial charge in [0.2, 0.25) is 0 Å². The molecule has 5 rings (SSSR count). The molecule has 0 spiro atoms. The maximum Gasteiger partial charge on any atom is 0.256 e. The van der Waals surface area contributed by atoms with Crippen molar-refractivity contribution in [3.8, 4) is 5.69 Å². The molecule has 0 aliphatic rings. The summed E-state index contributed by atoms with van der Waals surface area (Å²) >= 11 is 0. The highest BCUT2D eigenvalue weighted by Crippen LogP contribution is 2.22. The number of rotatable bonds is 8. The molecule has 0 aliphatic carbocycles. The molecular formula is C28H26FN5O. The molecule has 2 aromatic carbocycles. The van der Waals surface area contributed by atoms with Gasteiger partial charge in [0.1, 0.15) is 11.6 Å². The van der Waals surface area contributed by atoms with Crippen LogP contribution in [-0.2, 0) is 19.5 Å². The van der Waals surface area contributed by atoms with Gasteiger partial charge in [0, 0.05) is 30.7 Å². The van der Waals surface area contributed by atoms with E-state index in [0.717, 1.165) is 29.6 Å². The van der Waals surface area contributed by atoms with E-state index >= 15 is 0 Å². The van der Waals surface area contributed by atoms with Gasteiger partial charge in [-0.2, -0.15) is 0 Å². The van der Waals surface area contributed by atoms with E-state index in [4.69, 9.17) is 0 Å². The summed E-state index contributed by atoms with van der Waals surface area (Å²) in [7, 11) is 0. The van der Waals surface area contributed by atoms with Gasteiger partial charge in [0.25, 0.3) is 5.91 Å². The largest absolute Gasteiger partial charge is 0.339 e. The summed E-state index contributed by atoms with van der Waals surface area (Å²) in [5, 5.41) is 0. The third-order valence-corrected chi connectivity index (χ3v) is 6.01. The lowest BCUT2D eigenvalue weighted by Gasteiger charge is -2.23. The summed E-state index contributed by atoms with van der Waals surface area (Å²) in [5.41, 5.74) is 4.38. The van der Waals surface area contributed by atoms with Crippen LogP contribution in [0.25, 0.3) is 16.9 Å². The van der Waals surface area contributed by atoms with Gasteiger partial charge in [0.05, 0.1) is 23.3 Å². The van der Waals surface area contributed by atoms with Crippen LogP contribution in [0, 0.1) is 5.82 Å². The first-order chi connectivity index (χ1) is 17.1. The fraction of sp³-hybridized carbons (Fsp3) is 0.179. The Morgan fingerprint density at radius 2 is 1.74 bits per heavy atom. The number of carbonyl (C=O) groups excluding carboxylic acids is 1. The summed E-state index contributed by atoms with van der Waals surface area (Å²) < 4.78 is 16.5. The van der Waals surface area contributed by atoms with Crippen molar-refractivity contribution in [2.75, 3.05) is 0 Å². The van der Waals surface area contributed by atoms with Gasteiger partial charge in [-0.15, -0.1) is 0 Å². The minimum Gasteiger partial charge on any atom is -0.339 e. The van der Waals surface area contributed by atoms with Gasteiger partial charge in [-0.1, -0.05) is 43.7 Å². The zero-order chi connectivity index (χ0) is 24.2. The number of H-pyrrole nitrogens is 1. The number of pyridine rings is 1. The summed E-state index contributed by atoms with van der Waals surface area (Å²) in [6.07, 6.45) is 7.46. The number of carbonyl (C=O) groups is 1. The fourth-order valence-electron chi connectivity index (χ4n) is 4.32. The summed E-state index contributed by atoms with van der Waals surface area (Å²) in [6.45, 7) is 2.42. The molecular weight excluding hydrogens is 441 g/mol. The van der Waals surface area contributed by atoms with E-state index in [-0.39, 0.29) is 24.8 Å². The highest BCUT2D eigenvalue weighted by Gasteiger charge is 2.23. The van der Waals surface area contributed by atoms with Crippen LogP contribution in [0.2, 0.25) is 0 Å². The topological polar surface area (TPSA) is 66.8 Å². The molecule has 0 radical (unpaired) electrons. The number of halogens is 1. The zero-order valence-corrected chi connectivity index (χ0v) is 19.5. The molecule has 0 bridgehead atoms. The molecule has 6 nitrogen and oxygen atoms in total. The molecule has 0 saturated carbocycles. The molecule has 176 valence electrons. The average Bonchev–Trinajstić information content (AvgIpc) is 3.55. The number of amides is 1. The van der Waals surface area contributed by atoms with E-state index in [1.54, 1.807) is 35.4 Å². The van der Waals surface area contributed by atoms with E-state index in [1.165, 1.54) is 6.07 Å². The van der Waals surface area contributed by atoms with Crippen molar-refractivity contribution in [2.24, 2.45) is 0 Å². The van der Waals surface area contributed by atoms with Crippen LogP contribution < -0.4 is 0 Å². The molecule has 35 heavy (non-hydrogen) atoms. The van der Waals surface area contributed by atoms with Crippen LogP contribution in [0.5, 0.6) is 0 Å². The van der Waals surface area contributed by atoms with Crippen LogP contribution in [-0.4, -0.2) is 30.3 Å². The van der Waals surface area contributed by atoms with Crippen molar-refractivity contribution in [1.29, 1.82) is 0 Å². The Hall–Kier alpha value is -4.26. The van der Waals surface area contributed by atoms with Gasteiger partial charge in [-0.3, -0.25) is 4.79 Å². The Bertz CT molecular complexity index is 1460. The van der Waals surface area contributed by atoms with Crippen molar-refractivity contribution in [1.82, 2.24) is 24.4 Å². The van der Waals surface area contributed by atoms with E-state index in [2.05, 4.69) is 21.9 Å². The number of imidazole rings is 1. The number of fused-ring (bicyclic) bond motifs is 1. The number of nitrogens with zero attached hydrogens (tertiary/aromatic N) is 4. The van der Waals surface area contributed by atoms with Crippen molar-refractivity contribution >= 4 is 17.1 Å². The smallest absolute Gasteiger partial charge is 0.256 e. The number of aromatic nitrogens is 4. The number of aryl methyl sites for hydroxylation is 1. The molecule has 0 aliphatic heterocycles. The van der Waals surface area contributed by atoms with Crippen molar-refractivity contribution in [3.05, 3.63) is 114 Å². The van der Waals surface area contributed by atoms with Gasteiger partial charge in [-0.25, -0.2) is 14.4 Å². The Morgan fingerprint density at radius 3 is 2.54 bits per heavy atom. The molecule has 1 amide bonds. The zero-order valence-electron chi connectivity index (χ0n) is 19.5. The molecule has 0 unspecified atom stereocenters. The highest BCUT2D eigenvalue weighted by atomic mass is 19.1. The monoisotopic (exact) mass is 467 g/mol. The van der Waals surface area contributed by atoms with Crippen LogP contribution in [0.15, 0.2) is 85.3 Å². The van der Waals surface area contributed by atoms with Crippen LogP contribution in [0.4, 0.5) is 4.39 Å². The molecule has 0 saturated heterocycles. The van der Waals surface area contributed by atoms with Crippen molar-refractivity contribution < 1.29 is 9.18 Å². The first kappa shape index (κ1) is 22.5. The maximum atomic E-state index is 14.6. The standard InChI is InChI=1S/C28H26FN5O/c1-2-9-20-14-15-30-27-26(20)31-25(32-27)19-34(18-21-10-3-5-12-23(21)29)28(35)22-11-4-6-13-24(22)33-16-7-8-17-33/h3-8,10-17H,2,9,18-19H2,1H3,(H,30,31,32). The van der Waals surface area contributed by atoms with Gasteiger partial charge >= 0.3 is 0 Å². The second-order valence-corrected chi connectivity index (χ2v) is 8.46. The Morgan fingerprint density at radius 1 is 0.971 bits per heavy atom. The fourth-order valence-corrected chi connectivity index (χ4v) is 4.32. The van der Waals surface area contributed by atoms with Gasteiger partial charge in [0.15, 0.2) is 5.65 Å². The van der Waals surface area contributed by atoms with Crippen LogP contribution in [0.3, 0.4) is 0 Å². The first-order valence-corrected chi connectivity index (χ1v) is 11.7. The predicted octanol–water partition coefficient (Wildman–Crippen LogP) is 5.68. The molecule has 3 aromatic heterocycles. The lowest BCUT2D eigenvalue weighted by atomic mass is 10.1. The van der Waals surface area contributed by atoms with E-state index in [9.17, 15) is 9.18 Å². The number of benzene rings is 2. The van der Waals surface area contributed by atoms with E-state index in [0.29, 0.717) is 22.6 Å². The minimum atomic E-state index is -0.347. The normalized spacial score (nSPS) is 11.1. The number of hydrogen-bond donors (Lipinski definition) is 1. The van der Waals surface area contributed by atoms with Crippen LogP contribution >= 0.6 is 0 Å². The maximum absolute atomic E-state index is 14.6. The lowest BCUT2D eigenvalue weighted by Crippen LogP contribution is -2.31. The quantitative estimate of drug-likeness (QED) is 0.319. The van der Waals surface area contributed by atoms with Gasteiger partial charge in [-0.05, 0) is 48.4 Å². The Balaban J connectivity index is 1.53. The molecule has 1 N–H and O–H groups in total. The predicted molar refractivity (Wildman–Crippen MR) is 134 cm³/mol. The molecule has 3 heterocycles. The van der Waals surface area contributed by atoms with Crippen molar-refractivity contribution in [3.63, 3.8) is 0 Å². The Labute approximate surface area is 203 Å². The Kier molecular flexibility index (Phi) is 6.39. The van der Waals surface area contributed by atoms with E-state index in [1.807, 2.05) is 53.4 Å². The first-order valence-electron chi connectivity index (χ1n) is 11.7. The molecule has 5 aromatic rings. The number of para-hydroxylation sites is 1. The van der Waals surface area contributed by atoms with Crippen LogP contribution in [0.1, 0.15) is 40.7 Å².